The number of carbonyl (C=O) groups excluding carboxylic acids is 3. The molecule has 1 aliphatic heterocycles. The topological polar surface area (TPSA) is 109 Å². The summed E-state index contributed by atoms with van der Waals surface area (Å²) in [6.07, 6.45) is 2.20. The number of benzene rings is 2. The van der Waals surface area contributed by atoms with Crippen molar-refractivity contribution in [3.05, 3.63) is 75.2 Å². The van der Waals surface area contributed by atoms with Gasteiger partial charge in [0.1, 0.15) is 5.60 Å². The largest absolute Gasteiger partial charge is 0.459 e. The molecule has 34 heavy (non-hydrogen) atoms. The fourth-order valence-corrected chi connectivity index (χ4v) is 4.69. The highest BCUT2D eigenvalue weighted by Gasteiger charge is 2.48. The molecule has 1 aliphatic carbocycles. The van der Waals surface area contributed by atoms with Gasteiger partial charge in [-0.15, -0.1) is 0 Å². The van der Waals surface area contributed by atoms with Crippen LogP contribution >= 0.6 is 0 Å². The summed E-state index contributed by atoms with van der Waals surface area (Å²) in [5.41, 5.74) is 0.0391. The zero-order valence-electron chi connectivity index (χ0n) is 19.3. The summed E-state index contributed by atoms with van der Waals surface area (Å²) in [6, 6.07) is 11.9. The van der Waals surface area contributed by atoms with Gasteiger partial charge in [0.15, 0.2) is 0 Å². The Kier molecular flexibility index (Phi) is 4.93. The first-order valence-electron chi connectivity index (χ1n) is 11.3. The molecule has 5 rings (SSSR count). The molecule has 3 aromatic rings. The molecule has 1 fully saturated rings. The van der Waals surface area contributed by atoms with Gasteiger partial charge in [0.2, 0.25) is 0 Å². The first kappa shape index (κ1) is 22.0. The number of esters is 1. The number of imide groups is 1. The molecule has 1 saturated carbocycles. The summed E-state index contributed by atoms with van der Waals surface area (Å²) in [7, 11) is 0. The van der Waals surface area contributed by atoms with Gasteiger partial charge in [-0.05, 0) is 63.4 Å². The van der Waals surface area contributed by atoms with Crippen LogP contribution < -0.4 is 5.56 Å². The number of H-pyrrole nitrogens is 1. The maximum atomic E-state index is 13.1. The number of hydrogen-bond acceptors (Lipinski definition) is 6. The van der Waals surface area contributed by atoms with Crippen LogP contribution in [0.25, 0.3) is 10.8 Å². The lowest BCUT2D eigenvalue weighted by atomic mass is 9.64. The van der Waals surface area contributed by atoms with Crippen LogP contribution in [0, 0.1) is 0 Å². The smallest absolute Gasteiger partial charge is 0.317 e. The van der Waals surface area contributed by atoms with Crippen LogP contribution in [0.3, 0.4) is 0 Å². The molecule has 0 unspecified atom stereocenters. The van der Waals surface area contributed by atoms with Crippen molar-refractivity contribution < 1.29 is 19.1 Å². The van der Waals surface area contributed by atoms with Crippen molar-refractivity contribution in [2.45, 2.75) is 57.6 Å². The second-order valence-electron chi connectivity index (χ2n) is 9.94. The molecule has 1 aromatic heterocycles. The Morgan fingerprint density at radius 3 is 2.24 bits per heavy atom. The number of amides is 2. The quantitative estimate of drug-likeness (QED) is 0.473. The van der Waals surface area contributed by atoms with E-state index in [1.54, 1.807) is 42.5 Å². The molecule has 0 spiro atoms. The number of hydrogen-bond donors (Lipinski definition) is 1. The number of carbonyl (C=O) groups is 3. The zero-order valence-corrected chi connectivity index (χ0v) is 19.3. The summed E-state index contributed by atoms with van der Waals surface area (Å²) in [4.78, 5) is 52.5. The van der Waals surface area contributed by atoms with E-state index in [1.165, 1.54) is 0 Å². The monoisotopic (exact) mass is 459 g/mol. The molecule has 0 saturated heterocycles. The van der Waals surface area contributed by atoms with Crippen LogP contribution in [0.4, 0.5) is 0 Å². The Bertz CT molecular complexity index is 1380. The molecule has 0 radical (unpaired) electrons. The van der Waals surface area contributed by atoms with E-state index in [4.69, 9.17) is 4.74 Å². The lowest BCUT2D eigenvalue weighted by Crippen LogP contribution is -2.46. The minimum Gasteiger partial charge on any atom is -0.459 e. The van der Waals surface area contributed by atoms with Crippen molar-refractivity contribution in [1.82, 2.24) is 15.1 Å². The van der Waals surface area contributed by atoms with E-state index < -0.39 is 22.8 Å². The van der Waals surface area contributed by atoms with Crippen molar-refractivity contribution in [1.29, 1.82) is 0 Å². The van der Waals surface area contributed by atoms with Crippen molar-refractivity contribution in [3.63, 3.8) is 0 Å². The van der Waals surface area contributed by atoms with Gasteiger partial charge in [-0.1, -0.05) is 24.6 Å². The number of rotatable bonds is 4. The van der Waals surface area contributed by atoms with E-state index in [9.17, 15) is 19.2 Å². The van der Waals surface area contributed by atoms with Gasteiger partial charge < -0.3 is 4.74 Å². The zero-order chi connectivity index (χ0) is 24.3. The van der Waals surface area contributed by atoms with Gasteiger partial charge in [0.05, 0.1) is 34.2 Å². The van der Waals surface area contributed by atoms with Crippen LogP contribution in [0.5, 0.6) is 0 Å². The molecular formula is C26H25N3O5. The predicted octanol–water partition coefficient (Wildman–Crippen LogP) is 3.48. The van der Waals surface area contributed by atoms with Crippen LogP contribution in [-0.4, -0.2) is 38.5 Å². The number of aromatic nitrogens is 2. The fraction of sp³-hybridized carbons (Fsp3) is 0.346. The minimum atomic E-state index is -0.781. The van der Waals surface area contributed by atoms with Gasteiger partial charge in [-0.25, -0.2) is 5.10 Å². The van der Waals surface area contributed by atoms with E-state index >= 15 is 0 Å². The summed E-state index contributed by atoms with van der Waals surface area (Å²) in [5, 5.41) is 7.52. The van der Waals surface area contributed by atoms with Crippen LogP contribution in [0.15, 0.2) is 47.3 Å². The molecule has 8 nitrogen and oxygen atoms in total. The average Bonchev–Trinajstić information content (AvgIpc) is 2.99. The number of ether oxygens (including phenoxy) is 1. The Hall–Kier alpha value is -3.81. The second-order valence-corrected chi connectivity index (χ2v) is 9.94. The standard InChI is InChI=1S/C26H25N3O5/c1-25(2,3)34-24(33)26(11-6-12-26)15-9-10-16-19(13-15)20(27-28-21(16)30)14-29-22(31)17-7-4-5-8-18(17)23(29)32/h4-5,7-10,13H,6,11-12,14H2,1-3H3,(H,28,30). The predicted molar refractivity (Wildman–Crippen MR) is 124 cm³/mol. The third kappa shape index (κ3) is 3.41. The first-order valence-corrected chi connectivity index (χ1v) is 11.3. The highest BCUT2D eigenvalue weighted by molar-refractivity contribution is 6.21. The number of nitrogens with zero attached hydrogens (tertiary/aromatic N) is 2. The third-order valence-corrected chi connectivity index (χ3v) is 6.60. The lowest BCUT2D eigenvalue weighted by molar-refractivity contribution is -0.166. The fourth-order valence-electron chi connectivity index (χ4n) is 4.69. The highest BCUT2D eigenvalue weighted by atomic mass is 16.6. The minimum absolute atomic E-state index is 0.0947. The van der Waals surface area contributed by atoms with Gasteiger partial charge >= 0.3 is 5.97 Å². The Morgan fingerprint density at radius 1 is 1.03 bits per heavy atom. The van der Waals surface area contributed by atoms with Gasteiger partial charge in [0, 0.05) is 5.39 Å². The number of aromatic amines is 1. The van der Waals surface area contributed by atoms with Gasteiger partial charge in [-0.2, -0.15) is 5.10 Å². The van der Waals surface area contributed by atoms with Crippen LogP contribution in [0.2, 0.25) is 0 Å². The maximum Gasteiger partial charge on any atom is 0.317 e. The van der Waals surface area contributed by atoms with E-state index in [-0.39, 0.29) is 18.1 Å². The van der Waals surface area contributed by atoms with Crippen molar-refractivity contribution in [2.24, 2.45) is 0 Å². The summed E-state index contributed by atoms with van der Waals surface area (Å²) in [6.45, 7) is 5.41. The number of fused-ring (bicyclic) bond motifs is 2. The maximum absolute atomic E-state index is 13.1. The Labute approximate surface area is 195 Å². The Morgan fingerprint density at radius 2 is 1.68 bits per heavy atom. The highest BCUT2D eigenvalue weighted by Crippen LogP contribution is 2.46. The van der Waals surface area contributed by atoms with Crippen LogP contribution in [-0.2, 0) is 21.5 Å². The van der Waals surface area contributed by atoms with E-state index in [0.29, 0.717) is 40.4 Å². The average molecular weight is 460 g/mol. The van der Waals surface area contributed by atoms with Crippen molar-refractivity contribution in [3.8, 4) is 0 Å². The van der Waals surface area contributed by atoms with Gasteiger partial charge in [-0.3, -0.25) is 24.1 Å². The molecule has 174 valence electrons. The van der Waals surface area contributed by atoms with Crippen molar-refractivity contribution >= 4 is 28.6 Å². The van der Waals surface area contributed by atoms with E-state index in [2.05, 4.69) is 10.2 Å². The molecular weight excluding hydrogens is 434 g/mol. The van der Waals surface area contributed by atoms with Crippen molar-refractivity contribution in [2.75, 3.05) is 0 Å². The Balaban J connectivity index is 1.56. The first-order chi connectivity index (χ1) is 16.1. The molecule has 0 bridgehead atoms. The normalized spacial score (nSPS) is 17.0. The number of nitrogens with one attached hydrogen (secondary N) is 1. The summed E-state index contributed by atoms with van der Waals surface area (Å²) in [5.74, 6) is -1.09. The summed E-state index contributed by atoms with van der Waals surface area (Å²) >= 11 is 0. The second kappa shape index (κ2) is 7.62. The van der Waals surface area contributed by atoms with E-state index in [1.807, 2.05) is 20.8 Å². The van der Waals surface area contributed by atoms with E-state index in [0.717, 1.165) is 16.9 Å². The third-order valence-electron chi connectivity index (χ3n) is 6.60. The molecule has 2 amide bonds. The van der Waals surface area contributed by atoms with Crippen LogP contribution in [0.1, 0.15) is 72.0 Å². The lowest BCUT2D eigenvalue weighted by Gasteiger charge is -2.41. The molecule has 2 aromatic carbocycles. The molecule has 0 atom stereocenters. The molecule has 8 heteroatoms. The SMILES string of the molecule is CC(C)(C)OC(=O)C1(c2ccc3c(=O)[nH]nc(CN4C(=O)c5ccccc5C4=O)c3c2)CCC1. The van der Waals surface area contributed by atoms with Gasteiger partial charge in [0.25, 0.3) is 17.4 Å². The molecule has 2 heterocycles. The molecule has 2 aliphatic rings. The summed E-state index contributed by atoms with van der Waals surface area (Å²) < 4.78 is 5.72. The molecule has 1 N–H and O–H groups in total.